The first-order valence-electron chi connectivity index (χ1n) is 5.32. The Hall–Kier alpha value is -1.57. The van der Waals surface area contributed by atoms with Gasteiger partial charge in [0.05, 0.1) is 5.69 Å². The highest BCUT2D eigenvalue weighted by Crippen LogP contribution is 2.18. The van der Waals surface area contributed by atoms with E-state index in [9.17, 15) is 0 Å². The maximum absolute atomic E-state index is 4.14. The zero-order valence-corrected chi connectivity index (χ0v) is 9.86. The fourth-order valence-corrected chi connectivity index (χ4v) is 1.46. The summed E-state index contributed by atoms with van der Waals surface area (Å²) in [5, 5.41) is 4.14. The number of aryl methyl sites for hydroxylation is 2. The Morgan fingerprint density at radius 1 is 1.13 bits per heavy atom. The van der Waals surface area contributed by atoms with Crippen LogP contribution < -0.4 is 0 Å². The van der Waals surface area contributed by atoms with Crippen LogP contribution in [-0.4, -0.2) is 9.78 Å². The summed E-state index contributed by atoms with van der Waals surface area (Å²) in [7, 11) is 1.96. The number of hydrogen-bond donors (Lipinski definition) is 0. The average Bonchev–Trinajstić information content (AvgIpc) is 2.67. The molecule has 0 amide bonds. The first-order chi connectivity index (χ1) is 7.27. The van der Waals surface area contributed by atoms with Gasteiger partial charge in [0.25, 0.3) is 0 Å². The van der Waals surface area contributed by atoms with E-state index >= 15 is 0 Å². The van der Waals surface area contributed by atoms with Crippen molar-refractivity contribution in [3.8, 4) is 11.3 Å². The first kappa shape index (κ1) is 11.5. The Kier molecular flexibility index (Phi) is 4.10. The summed E-state index contributed by atoms with van der Waals surface area (Å²) < 4.78 is 1.88. The van der Waals surface area contributed by atoms with E-state index in [1.54, 1.807) is 0 Å². The molecule has 15 heavy (non-hydrogen) atoms. The number of hydrogen-bond acceptors (Lipinski definition) is 1. The SMILES string of the molecule is CC.Cc1cccc(-c2ccnn2C)c1. The van der Waals surface area contributed by atoms with Crippen LogP contribution in [0.3, 0.4) is 0 Å². The molecule has 1 aromatic heterocycles. The van der Waals surface area contributed by atoms with E-state index in [4.69, 9.17) is 0 Å². The zero-order chi connectivity index (χ0) is 11.3. The van der Waals surface area contributed by atoms with Crippen LogP contribution in [0, 0.1) is 6.92 Å². The Morgan fingerprint density at radius 2 is 1.87 bits per heavy atom. The van der Waals surface area contributed by atoms with Gasteiger partial charge in [0.15, 0.2) is 0 Å². The second kappa shape index (κ2) is 5.35. The fraction of sp³-hybridized carbons (Fsp3) is 0.308. The predicted octanol–water partition coefficient (Wildman–Crippen LogP) is 3.42. The van der Waals surface area contributed by atoms with E-state index in [0.717, 1.165) is 5.69 Å². The lowest BCUT2D eigenvalue weighted by Gasteiger charge is -2.02. The molecule has 0 atom stereocenters. The molecule has 0 fully saturated rings. The van der Waals surface area contributed by atoms with Crippen molar-refractivity contribution in [1.82, 2.24) is 9.78 Å². The second-order valence-electron chi connectivity index (χ2n) is 3.21. The molecule has 0 N–H and O–H groups in total. The lowest BCUT2D eigenvalue weighted by Crippen LogP contribution is -1.93. The van der Waals surface area contributed by atoms with E-state index in [0.29, 0.717) is 0 Å². The normalized spacial score (nSPS) is 9.33. The molecule has 2 rings (SSSR count). The Morgan fingerprint density at radius 3 is 2.40 bits per heavy atom. The summed E-state index contributed by atoms with van der Waals surface area (Å²) in [6.45, 7) is 6.10. The summed E-state index contributed by atoms with van der Waals surface area (Å²) in [6.07, 6.45) is 1.82. The first-order valence-corrected chi connectivity index (χ1v) is 5.32. The van der Waals surface area contributed by atoms with Crippen LogP contribution in [0.25, 0.3) is 11.3 Å². The third-order valence-electron chi connectivity index (χ3n) is 2.13. The molecule has 1 aromatic carbocycles. The molecule has 2 nitrogen and oxygen atoms in total. The highest BCUT2D eigenvalue weighted by Gasteiger charge is 2.00. The van der Waals surface area contributed by atoms with Crippen LogP contribution in [0.5, 0.6) is 0 Å². The largest absolute Gasteiger partial charge is 0.268 e. The van der Waals surface area contributed by atoms with Gasteiger partial charge >= 0.3 is 0 Å². The Bertz CT molecular complexity index is 416. The van der Waals surface area contributed by atoms with Gasteiger partial charge in [-0.1, -0.05) is 37.6 Å². The van der Waals surface area contributed by atoms with Crippen LogP contribution in [0.15, 0.2) is 36.5 Å². The van der Waals surface area contributed by atoms with Crippen molar-refractivity contribution in [1.29, 1.82) is 0 Å². The molecular weight excluding hydrogens is 184 g/mol. The lowest BCUT2D eigenvalue weighted by atomic mass is 10.1. The summed E-state index contributed by atoms with van der Waals surface area (Å²) in [5.74, 6) is 0. The number of rotatable bonds is 1. The molecule has 80 valence electrons. The van der Waals surface area contributed by atoms with Crippen LogP contribution in [0.2, 0.25) is 0 Å². The molecule has 0 aliphatic heterocycles. The van der Waals surface area contributed by atoms with Crippen LogP contribution in [-0.2, 0) is 7.05 Å². The van der Waals surface area contributed by atoms with Crippen molar-refractivity contribution in [3.63, 3.8) is 0 Å². The molecule has 2 heteroatoms. The minimum atomic E-state index is 1.16. The van der Waals surface area contributed by atoms with Crippen LogP contribution in [0.1, 0.15) is 19.4 Å². The Balaban J connectivity index is 0.000000531. The van der Waals surface area contributed by atoms with Crippen molar-refractivity contribution in [2.24, 2.45) is 7.05 Å². The molecule has 0 bridgehead atoms. The van der Waals surface area contributed by atoms with Gasteiger partial charge in [-0.2, -0.15) is 5.10 Å². The van der Waals surface area contributed by atoms with E-state index in [2.05, 4.69) is 36.3 Å². The second-order valence-corrected chi connectivity index (χ2v) is 3.21. The maximum atomic E-state index is 4.14. The van der Waals surface area contributed by atoms with Gasteiger partial charge in [0.1, 0.15) is 0 Å². The molecule has 1 heterocycles. The predicted molar refractivity (Wildman–Crippen MR) is 64.7 cm³/mol. The summed E-state index contributed by atoms with van der Waals surface area (Å²) >= 11 is 0. The van der Waals surface area contributed by atoms with E-state index < -0.39 is 0 Å². The van der Waals surface area contributed by atoms with Crippen molar-refractivity contribution in [3.05, 3.63) is 42.1 Å². The van der Waals surface area contributed by atoms with Crippen LogP contribution >= 0.6 is 0 Å². The van der Waals surface area contributed by atoms with Gasteiger partial charge in [0, 0.05) is 18.8 Å². The van der Waals surface area contributed by atoms with Crippen molar-refractivity contribution >= 4 is 0 Å². The molecule has 0 saturated heterocycles. The summed E-state index contributed by atoms with van der Waals surface area (Å²) in [5.41, 5.74) is 3.66. The summed E-state index contributed by atoms with van der Waals surface area (Å²) in [4.78, 5) is 0. The average molecular weight is 202 g/mol. The zero-order valence-electron chi connectivity index (χ0n) is 9.86. The van der Waals surface area contributed by atoms with Gasteiger partial charge in [-0.15, -0.1) is 0 Å². The number of benzene rings is 1. The smallest absolute Gasteiger partial charge is 0.0678 e. The fourth-order valence-electron chi connectivity index (χ4n) is 1.46. The highest BCUT2D eigenvalue weighted by atomic mass is 15.2. The van der Waals surface area contributed by atoms with Gasteiger partial charge in [0.2, 0.25) is 0 Å². The molecular formula is C13H18N2. The molecule has 0 saturated carbocycles. The minimum absolute atomic E-state index is 1.16. The van der Waals surface area contributed by atoms with Gasteiger partial charge in [-0.3, -0.25) is 4.68 Å². The summed E-state index contributed by atoms with van der Waals surface area (Å²) in [6, 6.07) is 10.5. The van der Waals surface area contributed by atoms with Crippen molar-refractivity contribution in [2.45, 2.75) is 20.8 Å². The molecule has 0 spiro atoms. The maximum Gasteiger partial charge on any atom is 0.0678 e. The number of nitrogens with zero attached hydrogens (tertiary/aromatic N) is 2. The molecule has 0 unspecified atom stereocenters. The monoisotopic (exact) mass is 202 g/mol. The van der Waals surface area contributed by atoms with Gasteiger partial charge in [-0.05, 0) is 19.1 Å². The minimum Gasteiger partial charge on any atom is -0.268 e. The van der Waals surface area contributed by atoms with Crippen molar-refractivity contribution in [2.75, 3.05) is 0 Å². The molecule has 0 aliphatic carbocycles. The Labute approximate surface area is 91.6 Å². The topological polar surface area (TPSA) is 17.8 Å². The molecule has 0 radical (unpaired) electrons. The molecule has 2 aromatic rings. The quantitative estimate of drug-likeness (QED) is 0.692. The highest BCUT2D eigenvalue weighted by molar-refractivity contribution is 5.59. The standard InChI is InChI=1S/C11H12N2.C2H6/c1-9-4-3-5-10(8-9)11-6-7-12-13(11)2;1-2/h3-8H,1-2H3;1-2H3. The lowest BCUT2D eigenvalue weighted by molar-refractivity contribution is 0.776. The van der Waals surface area contributed by atoms with Gasteiger partial charge < -0.3 is 0 Å². The third kappa shape index (κ3) is 2.69. The third-order valence-corrected chi connectivity index (χ3v) is 2.13. The number of aromatic nitrogens is 2. The van der Waals surface area contributed by atoms with Gasteiger partial charge in [-0.25, -0.2) is 0 Å². The van der Waals surface area contributed by atoms with E-state index in [1.165, 1.54) is 11.1 Å². The van der Waals surface area contributed by atoms with E-state index in [1.807, 2.05) is 37.8 Å². The van der Waals surface area contributed by atoms with Crippen LogP contribution in [0.4, 0.5) is 0 Å². The molecule has 0 aliphatic rings. The van der Waals surface area contributed by atoms with E-state index in [-0.39, 0.29) is 0 Å². The van der Waals surface area contributed by atoms with Crippen molar-refractivity contribution < 1.29 is 0 Å².